The van der Waals surface area contributed by atoms with Gasteiger partial charge in [0.1, 0.15) is 17.9 Å². The smallest absolute Gasteiger partial charge is 0.331 e. The Labute approximate surface area is 223 Å². The molecule has 0 spiro atoms. The third kappa shape index (κ3) is 4.50. The van der Waals surface area contributed by atoms with Gasteiger partial charge in [-0.2, -0.15) is 5.10 Å². The highest BCUT2D eigenvalue weighted by Crippen LogP contribution is 2.35. The summed E-state index contributed by atoms with van der Waals surface area (Å²) in [5.74, 6) is 0.593. The quantitative estimate of drug-likeness (QED) is 0.342. The van der Waals surface area contributed by atoms with Crippen LogP contribution in [0.3, 0.4) is 0 Å². The van der Waals surface area contributed by atoms with Crippen LogP contribution in [0.2, 0.25) is 5.02 Å². The highest BCUT2D eigenvalue weighted by molar-refractivity contribution is 6.31. The molecule has 0 radical (unpaired) electrons. The minimum atomic E-state index is -0.493. The Morgan fingerprint density at radius 1 is 1.08 bits per heavy atom. The Bertz CT molecular complexity index is 1800. The maximum absolute atomic E-state index is 12.8. The van der Waals surface area contributed by atoms with Gasteiger partial charge in [-0.1, -0.05) is 23.7 Å². The Morgan fingerprint density at radius 3 is 2.58 bits per heavy atom. The van der Waals surface area contributed by atoms with Crippen molar-refractivity contribution in [2.45, 2.75) is 40.3 Å². The van der Waals surface area contributed by atoms with E-state index in [0.717, 1.165) is 32.5 Å². The summed E-state index contributed by atoms with van der Waals surface area (Å²) >= 11 is 6.69. The number of aromatic amines is 1. The molecule has 38 heavy (non-hydrogen) atoms. The molecule has 4 heterocycles. The SMILES string of the molecule is Cc1cc(Cl)c(COc2cccc3c(-c4n[nH]cc4C)cc(C)nc23)c(C(C)n2ccc(=O)n(C)c2=O)n1. The lowest BCUT2D eigenvalue weighted by molar-refractivity contribution is 0.306. The number of pyridine rings is 2. The summed E-state index contributed by atoms with van der Waals surface area (Å²) in [7, 11) is 1.45. The summed E-state index contributed by atoms with van der Waals surface area (Å²) < 4.78 is 8.85. The first-order chi connectivity index (χ1) is 18.2. The molecule has 0 saturated carbocycles. The van der Waals surface area contributed by atoms with Gasteiger partial charge >= 0.3 is 5.69 Å². The zero-order valence-electron chi connectivity index (χ0n) is 21.7. The lowest BCUT2D eigenvalue weighted by Gasteiger charge is -2.20. The highest BCUT2D eigenvalue weighted by atomic mass is 35.5. The van der Waals surface area contributed by atoms with E-state index in [2.05, 4.69) is 10.2 Å². The van der Waals surface area contributed by atoms with Crippen LogP contribution in [0.4, 0.5) is 0 Å². The summed E-state index contributed by atoms with van der Waals surface area (Å²) in [5.41, 5.74) is 5.55. The molecule has 1 aromatic carbocycles. The van der Waals surface area contributed by atoms with Crippen LogP contribution in [0.5, 0.6) is 5.75 Å². The lowest BCUT2D eigenvalue weighted by Crippen LogP contribution is -2.38. The molecule has 9 nitrogen and oxygen atoms in total. The van der Waals surface area contributed by atoms with Gasteiger partial charge in [0.05, 0.1) is 22.5 Å². The van der Waals surface area contributed by atoms with Crippen molar-refractivity contribution in [3.63, 3.8) is 0 Å². The van der Waals surface area contributed by atoms with Gasteiger partial charge in [-0.3, -0.25) is 24.0 Å². The summed E-state index contributed by atoms with van der Waals surface area (Å²) in [4.78, 5) is 34.2. The van der Waals surface area contributed by atoms with E-state index in [4.69, 9.17) is 26.3 Å². The normalized spacial score (nSPS) is 12.2. The van der Waals surface area contributed by atoms with Crippen molar-refractivity contribution in [1.82, 2.24) is 29.3 Å². The monoisotopic (exact) mass is 530 g/mol. The molecule has 194 valence electrons. The molecule has 5 aromatic rings. The molecule has 0 aliphatic rings. The van der Waals surface area contributed by atoms with Crippen LogP contribution >= 0.6 is 11.6 Å². The van der Waals surface area contributed by atoms with Crippen molar-refractivity contribution >= 4 is 22.5 Å². The number of fused-ring (bicyclic) bond motifs is 1. The number of ether oxygens (including phenoxy) is 1. The number of halogens is 1. The fraction of sp³-hybridized carbons (Fsp3) is 0.250. The number of benzene rings is 1. The lowest BCUT2D eigenvalue weighted by atomic mass is 10.0. The molecule has 0 saturated heterocycles. The van der Waals surface area contributed by atoms with Gasteiger partial charge in [0.15, 0.2) is 0 Å². The van der Waals surface area contributed by atoms with Crippen molar-refractivity contribution in [1.29, 1.82) is 0 Å². The highest BCUT2D eigenvalue weighted by Gasteiger charge is 2.21. The first-order valence-electron chi connectivity index (χ1n) is 12.1. The van der Waals surface area contributed by atoms with Crippen LogP contribution in [0, 0.1) is 20.8 Å². The largest absolute Gasteiger partial charge is 0.486 e. The van der Waals surface area contributed by atoms with Crippen LogP contribution < -0.4 is 16.0 Å². The molecular weight excluding hydrogens is 504 g/mol. The number of rotatable bonds is 6. The molecule has 0 aliphatic heterocycles. The molecule has 0 aliphatic carbocycles. The van der Waals surface area contributed by atoms with Crippen molar-refractivity contribution in [2.75, 3.05) is 0 Å². The van der Waals surface area contributed by atoms with E-state index in [1.54, 1.807) is 6.07 Å². The van der Waals surface area contributed by atoms with E-state index in [-0.39, 0.29) is 12.2 Å². The molecule has 4 aromatic heterocycles. The van der Waals surface area contributed by atoms with Crippen molar-refractivity contribution in [2.24, 2.45) is 7.05 Å². The Morgan fingerprint density at radius 2 is 1.84 bits per heavy atom. The molecule has 5 rings (SSSR count). The topological polar surface area (TPSA) is 108 Å². The minimum absolute atomic E-state index is 0.109. The van der Waals surface area contributed by atoms with Crippen LogP contribution in [0.15, 0.2) is 58.4 Å². The van der Waals surface area contributed by atoms with E-state index in [0.29, 0.717) is 33.2 Å². The Balaban J connectivity index is 1.56. The molecule has 0 amide bonds. The maximum Gasteiger partial charge on any atom is 0.331 e. The van der Waals surface area contributed by atoms with Gasteiger partial charge in [0.25, 0.3) is 5.56 Å². The molecule has 1 N–H and O–H groups in total. The zero-order chi connectivity index (χ0) is 27.1. The predicted molar refractivity (Wildman–Crippen MR) is 147 cm³/mol. The van der Waals surface area contributed by atoms with Crippen LogP contribution in [0.25, 0.3) is 22.2 Å². The number of aryl methyl sites for hydroxylation is 3. The van der Waals surface area contributed by atoms with Gasteiger partial charge in [-0.25, -0.2) is 9.78 Å². The second-order valence-electron chi connectivity index (χ2n) is 9.36. The van der Waals surface area contributed by atoms with E-state index in [9.17, 15) is 9.59 Å². The summed E-state index contributed by atoms with van der Waals surface area (Å²) in [5, 5.41) is 8.76. The van der Waals surface area contributed by atoms with Gasteiger partial charge < -0.3 is 4.74 Å². The number of H-pyrrole nitrogens is 1. The number of aromatic nitrogens is 6. The average Bonchev–Trinajstić information content (AvgIpc) is 3.31. The standard InChI is InChI=1S/C28H27ClN6O3/c1-15-13-30-33-25(15)20-11-16(2)32-27-19(20)7-6-8-23(27)38-14-21-22(29)12-17(3)31-26(21)18(4)35-10-9-24(36)34(5)28(35)37/h6-13,18H,14H2,1-5H3,(H,30,33). The molecule has 1 atom stereocenters. The maximum atomic E-state index is 12.8. The molecule has 10 heteroatoms. The van der Waals surface area contributed by atoms with E-state index >= 15 is 0 Å². The van der Waals surface area contributed by atoms with Gasteiger partial charge in [0.2, 0.25) is 0 Å². The van der Waals surface area contributed by atoms with Crippen LogP contribution in [-0.4, -0.2) is 29.3 Å². The number of nitrogens with one attached hydrogen (secondary N) is 1. The van der Waals surface area contributed by atoms with Crippen LogP contribution in [-0.2, 0) is 13.7 Å². The third-order valence-electron chi connectivity index (χ3n) is 6.65. The zero-order valence-corrected chi connectivity index (χ0v) is 22.5. The molecule has 0 bridgehead atoms. The third-order valence-corrected chi connectivity index (χ3v) is 6.98. The molecule has 1 unspecified atom stereocenters. The van der Waals surface area contributed by atoms with E-state index in [1.807, 2.05) is 58.2 Å². The second kappa shape index (κ2) is 9.90. The van der Waals surface area contributed by atoms with Gasteiger partial charge in [0, 0.05) is 53.4 Å². The minimum Gasteiger partial charge on any atom is -0.486 e. The van der Waals surface area contributed by atoms with E-state index in [1.165, 1.54) is 23.9 Å². The number of hydrogen-bond donors (Lipinski definition) is 1. The Hall–Kier alpha value is -4.24. The summed E-state index contributed by atoms with van der Waals surface area (Å²) in [6.07, 6.45) is 3.34. The first kappa shape index (κ1) is 25.4. The van der Waals surface area contributed by atoms with Gasteiger partial charge in [-0.15, -0.1) is 0 Å². The molecular formula is C28H27ClN6O3. The summed E-state index contributed by atoms with van der Waals surface area (Å²) in [6, 6.07) is 10.4. The number of para-hydroxylation sites is 1. The predicted octanol–water partition coefficient (Wildman–Crippen LogP) is 4.65. The molecule has 0 fully saturated rings. The fourth-order valence-corrected chi connectivity index (χ4v) is 4.93. The average molecular weight is 531 g/mol. The van der Waals surface area contributed by atoms with Crippen molar-refractivity contribution in [3.8, 4) is 17.0 Å². The second-order valence-corrected chi connectivity index (χ2v) is 9.76. The number of nitrogens with zero attached hydrogens (tertiary/aromatic N) is 5. The summed E-state index contributed by atoms with van der Waals surface area (Å²) in [6.45, 7) is 7.73. The van der Waals surface area contributed by atoms with Crippen molar-refractivity contribution < 1.29 is 4.74 Å². The van der Waals surface area contributed by atoms with Crippen molar-refractivity contribution in [3.05, 3.63) is 103 Å². The van der Waals surface area contributed by atoms with E-state index < -0.39 is 11.7 Å². The van der Waals surface area contributed by atoms with Crippen LogP contribution in [0.1, 0.15) is 41.2 Å². The van der Waals surface area contributed by atoms with Gasteiger partial charge in [-0.05, 0) is 51.5 Å². The fourth-order valence-electron chi connectivity index (χ4n) is 4.62. The first-order valence-corrected chi connectivity index (χ1v) is 12.5. The Kier molecular flexibility index (Phi) is 6.62. The number of hydrogen-bond acceptors (Lipinski definition) is 6.